The number of hydrogen-bond donors (Lipinski definition) is 1. The fourth-order valence-electron chi connectivity index (χ4n) is 3.13. The molecule has 2 aliphatic heterocycles. The van der Waals surface area contributed by atoms with Gasteiger partial charge < -0.3 is 19.6 Å². The van der Waals surface area contributed by atoms with Crippen LogP contribution in [0.5, 0.6) is 0 Å². The van der Waals surface area contributed by atoms with Crippen molar-refractivity contribution in [2.75, 3.05) is 26.2 Å². The molecule has 0 spiro atoms. The summed E-state index contributed by atoms with van der Waals surface area (Å²) in [4.78, 5) is 38.9. The quantitative estimate of drug-likeness (QED) is 0.798. The SMILES string of the molecule is CCCC(=O)N1CCCC1C(=O)N1CCOC(CC(=O)O)C1. The standard InChI is InChI=1S/C15H24N2O5/c1-2-4-13(18)17-6-3-5-12(17)15(21)16-7-8-22-11(10-16)9-14(19)20/h11-12H,2-10H2,1H3,(H,19,20). The van der Waals surface area contributed by atoms with Crippen LogP contribution in [0.25, 0.3) is 0 Å². The summed E-state index contributed by atoms with van der Waals surface area (Å²) in [7, 11) is 0. The number of hydrogen-bond acceptors (Lipinski definition) is 4. The lowest BCUT2D eigenvalue weighted by Crippen LogP contribution is -2.53. The number of carboxylic acid groups (broad SMARTS) is 1. The van der Waals surface area contributed by atoms with Crippen molar-refractivity contribution in [1.29, 1.82) is 0 Å². The molecule has 0 aromatic rings. The number of rotatable bonds is 5. The Morgan fingerprint density at radius 1 is 1.27 bits per heavy atom. The molecule has 7 heteroatoms. The molecule has 2 unspecified atom stereocenters. The van der Waals surface area contributed by atoms with E-state index in [1.165, 1.54) is 0 Å². The van der Waals surface area contributed by atoms with E-state index < -0.39 is 12.1 Å². The molecule has 2 heterocycles. The zero-order chi connectivity index (χ0) is 16.1. The van der Waals surface area contributed by atoms with Gasteiger partial charge in [-0.15, -0.1) is 0 Å². The van der Waals surface area contributed by atoms with Gasteiger partial charge in [0.05, 0.1) is 19.1 Å². The molecule has 2 fully saturated rings. The monoisotopic (exact) mass is 312 g/mol. The van der Waals surface area contributed by atoms with Gasteiger partial charge in [-0.25, -0.2) is 0 Å². The zero-order valence-corrected chi connectivity index (χ0v) is 13.0. The number of amides is 2. The maximum Gasteiger partial charge on any atom is 0.306 e. The molecule has 1 N–H and O–H groups in total. The fraction of sp³-hybridized carbons (Fsp3) is 0.800. The van der Waals surface area contributed by atoms with Gasteiger partial charge in [-0.05, 0) is 19.3 Å². The predicted octanol–water partition coefficient (Wildman–Crippen LogP) is 0.480. The van der Waals surface area contributed by atoms with Gasteiger partial charge in [-0.3, -0.25) is 14.4 Å². The second-order valence-electron chi connectivity index (χ2n) is 5.87. The van der Waals surface area contributed by atoms with Crippen molar-refractivity contribution in [3.8, 4) is 0 Å². The molecule has 0 aliphatic carbocycles. The molecule has 2 amide bonds. The number of aliphatic carboxylic acids is 1. The number of carboxylic acids is 1. The van der Waals surface area contributed by atoms with Crippen LogP contribution in [0, 0.1) is 0 Å². The molecular weight excluding hydrogens is 288 g/mol. The average molecular weight is 312 g/mol. The maximum absolute atomic E-state index is 12.7. The Balaban J connectivity index is 1.97. The van der Waals surface area contributed by atoms with Crippen LogP contribution in [0.4, 0.5) is 0 Å². The zero-order valence-electron chi connectivity index (χ0n) is 13.0. The van der Waals surface area contributed by atoms with Crippen LogP contribution in [-0.2, 0) is 19.1 Å². The third-order valence-electron chi connectivity index (χ3n) is 4.17. The van der Waals surface area contributed by atoms with Crippen molar-refractivity contribution < 1.29 is 24.2 Å². The minimum absolute atomic E-state index is 0.0358. The summed E-state index contributed by atoms with van der Waals surface area (Å²) in [5.74, 6) is -0.964. The summed E-state index contributed by atoms with van der Waals surface area (Å²) in [5, 5.41) is 8.84. The van der Waals surface area contributed by atoms with Gasteiger partial charge in [0.2, 0.25) is 11.8 Å². The Morgan fingerprint density at radius 3 is 2.73 bits per heavy atom. The highest BCUT2D eigenvalue weighted by atomic mass is 16.5. The molecule has 22 heavy (non-hydrogen) atoms. The van der Waals surface area contributed by atoms with E-state index in [-0.39, 0.29) is 30.8 Å². The minimum Gasteiger partial charge on any atom is -0.481 e. The summed E-state index contributed by atoms with van der Waals surface area (Å²) in [6, 6.07) is -0.386. The van der Waals surface area contributed by atoms with Crippen LogP contribution in [0.3, 0.4) is 0 Å². The molecule has 2 aliphatic rings. The highest BCUT2D eigenvalue weighted by Gasteiger charge is 2.37. The molecule has 0 saturated carbocycles. The molecule has 2 rings (SSSR count). The number of carbonyl (C=O) groups is 3. The number of likely N-dealkylation sites (tertiary alicyclic amines) is 1. The van der Waals surface area contributed by atoms with Crippen LogP contribution >= 0.6 is 0 Å². The van der Waals surface area contributed by atoms with Gasteiger partial charge in [-0.2, -0.15) is 0 Å². The molecule has 0 bridgehead atoms. The second-order valence-corrected chi connectivity index (χ2v) is 5.87. The summed E-state index contributed by atoms with van der Waals surface area (Å²) < 4.78 is 5.39. The predicted molar refractivity (Wildman–Crippen MR) is 78.2 cm³/mol. The lowest BCUT2D eigenvalue weighted by molar-refractivity contribution is -0.152. The molecule has 2 saturated heterocycles. The molecule has 2 atom stereocenters. The minimum atomic E-state index is -0.931. The van der Waals surface area contributed by atoms with Crippen LogP contribution in [0.2, 0.25) is 0 Å². The summed E-state index contributed by atoms with van der Waals surface area (Å²) in [6.07, 6.45) is 2.20. The van der Waals surface area contributed by atoms with Gasteiger partial charge in [-0.1, -0.05) is 6.92 Å². The Bertz CT molecular complexity index is 440. The van der Waals surface area contributed by atoms with Crippen LogP contribution in [-0.4, -0.2) is 71.1 Å². The van der Waals surface area contributed by atoms with Gasteiger partial charge in [0, 0.05) is 26.1 Å². The Hall–Kier alpha value is -1.63. The van der Waals surface area contributed by atoms with Crippen LogP contribution in [0.15, 0.2) is 0 Å². The molecule has 124 valence electrons. The molecule has 0 aromatic carbocycles. The Morgan fingerprint density at radius 2 is 2.05 bits per heavy atom. The van der Waals surface area contributed by atoms with E-state index in [9.17, 15) is 14.4 Å². The first-order chi connectivity index (χ1) is 10.5. The summed E-state index contributed by atoms with van der Waals surface area (Å²) in [5.41, 5.74) is 0. The van der Waals surface area contributed by atoms with Gasteiger partial charge in [0.25, 0.3) is 0 Å². The van der Waals surface area contributed by atoms with E-state index >= 15 is 0 Å². The average Bonchev–Trinajstić information content (AvgIpc) is 2.95. The normalized spacial score (nSPS) is 25.3. The van der Waals surface area contributed by atoms with E-state index in [4.69, 9.17) is 9.84 Å². The first-order valence-electron chi connectivity index (χ1n) is 7.94. The van der Waals surface area contributed by atoms with E-state index in [0.29, 0.717) is 32.5 Å². The van der Waals surface area contributed by atoms with E-state index in [2.05, 4.69) is 0 Å². The van der Waals surface area contributed by atoms with Crippen LogP contribution < -0.4 is 0 Å². The second kappa shape index (κ2) is 7.58. The fourth-order valence-corrected chi connectivity index (χ4v) is 3.13. The largest absolute Gasteiger partial charge is 0.481 e. The van der Waals surface area contributed by atoms with E-state index in [1.807, 2.05) is 6.92 Å². The Kier molecular flexibility index (Phi) is 5.76. The highest BCUT2D eigenvalue weighted by Crippen LogP contribution is 2.22. The molecular formula is C15H24N2O5. The number of ether oxygens (including phenoxy) is 1. The molecule has 0 radical (unpaired) electrons. The third kappa shape index (κ3) is 3.97. The first kappa shape index (κ1) is 16.7. The number of morpholine rings is 1. The van der Waals surface area contributed by atoms with Crippen molar-refractivity contribution in [2.45, 2.75) is 51.2 Å². The topological polar surface area (TPSA) is 87.2 Å². The maximum atomic E-state index is 12.7. The Labute approximate surface area is 130 Å². The highest BCUT2D eigenvalue weighted by molar-refractivity contribution is 5.88. The number of carbonyl (C=O) groups excluding carboxylic acids is 2. The van der Waals surface area contributed by atoms with Crippen molar-refractivity contribution in [2.24, 2.45) is 0 Å². The van der Waals surface area contributed by atoms with Gasteiger partial charge >= 0.3 is 5.97 Å². The van der Waals surface area contributed by atoms with Crippen LogP contribution in [0.1, 0.15) is 39.0 Å². The van der Waals surface area contributed by atoms with E-state index in [0.717, 1.165) is 12.8 Å². The number of nitrogens with zero attached hydrogens (tertiary/aromatic N) is 2. The summed E-state index contributed by atoms with van der Waals surface area (Å²) in [6.45, 7) is 3.68. The van der Waals surface area contributed by atoms with Crippen molar-refractivity contribution in [3.05, 3.63) is 0 Å². The first-order valence-corrected chi connectivity index (χ1v) is 7.94. The van der Waals surface area contributed by atoms with Crippen molar-refractivity contribution >= 4 is 17.8 Å². The van der Waals surface area contributed by atoms with E-state index in [1.54, 1.807) is 9.80 Å². The lowest BCUT2D eigenvalue weighted by atomic mass is 10.1. The van der Waals surface area contributed by atoms with Gasteiger partial charge in [0.1, 0.15) is 6.04 Å². The smallest absolute Gasteiger partial charge is 0.306 e. The molecule has 7 nitrogen and oxygen atoms in total. The third-order valence-corrected chi connectivity index (χ3v) is 4.17. The lowest BCUT2D eigenvalue weighted by Gasteiger charge is -2.35. The van der Waals surface area contributed by atoms with Gasteiger partial charge in [0.15, 0.2) is 0 Å². The van der Waals surface area contributed by atoms with Crippen molar-refractivity contribution in [3.63, 3.8) is 0 Å². The molecule has 0 aromatic heterocycles. The van der Waals surface area contributed by atoms with Crippen molar-refractivity contribution in [1.82, 2.24) is 9.80 Å². The summed E-state index contributed by atoms with van der Waals surface area (Å²) >= 11 is 0.